The number of carbonyl (C=O) groups excluding carboxylic acids is 1. The van der Waals surface area contributed by atoms with Gasteiger partial charge in [-0.1, -0.05) is 25.1 Å². The highest BCUT2D eigenvalue weighted by Gasteiger charge is 2.20. The van der Waals surface area contributed by atoms with Crippen molar-refractivity contribution < 1.29 is 19.0 Å². The van der Waals surface area contributed by atoms with Gasteiger partial charge in [-0.05, 0) is 49.7 Å². The Labute approximate surface area is 234 Å². The number of likely N-dealkylation sites (tertiary alicyclic amines) is 1. The molecular formula is C31H35N5O4. The summed E-state index contributed by atoms with van der Waals surface area (Å²) in [6.45, 7) is 6.16. The molecule has 4 aromatic rings. The molecule has 9 heteroatoms. The monoisotopic (exact) mass is 541 g/mol. The Morgan fingerprint density at radius 2 is 1.88 bits per heavy atom. The van der Waals surface area contributed by atoms with Crippen LogP contribution in [0.2, 0.25) is 0 Å². The van der Waals surface area contributed by atoms with Crippen LogP contribution in [-0.2, 0) is 11.2 Å². The number of fused-ring (bicyclic) bond motifs is 1. The van der Waals surface area contributed by atoms with Crippen LogP contribution in [0.5, 0.6) is 17.4 Å². The summed E-state index contributed by atoms with van der Waals surface area (Å²) < 4.78 is 17.0. The summed E-state index contributed by atoms with van der Waals surface area (Å²) in [5, 5.41) is 3.80. The van der Waals surface area contributed by atoms with Crippen LogP contribution < -0.4 is 19.5 Å². The molecule has 0 spiro atoms. The zero-order valence-corrected chi connectivity index (χ0v) is 23.2. The van der Waals surface area contributed by atoms with Gasteiger partial charge < -0.3 is 24.4 Å². The fourth-order valence-corrected chi connectivity index (χ4v) is 5.09. The van der Waals surface area contributed by atoms with Crippen LogP contribution in [0.1, 0.15) is 25.3 Å². The maximum atomic E-state index is 12.5. The zero-order chi connectivity index (χ0) is 27.9. The second-order valence-corrected chi connectivity index (χ2v) is 9.97. The molecule has 0 aliphatic carbocycles. The molecule has 1 amide bonds. The van der Waals surface area contributed by atoms with E-state index in [1.54, 1.807) is 32.8 Å². The average molecular weight is 542 g/mol. The molecular weight excluding hydrogens is 506 g/mol. The van der Waals surface area contributed by atoms with Gasteiger partial charge in [0.2, 0.25) is 11.8 Å². The molecule has 1 saturated heterocycles. The molecule has 40 heavy (non-hydrogen) atoms. The summed E-state index contributed by atoms with van der Waals surface area (Å²) in [5.41, 5.74) is 3.97. The molecule has 9 nitrogen and oxygen atoms in total. The standard InChI is InChI=1S/C31H35N5O4/c1-4-36-13-5-6-22(18-36)19-40-28-16-26-25(15-27(28)38-2)31(34-20-33-26)23-8-10-24(11-9-23)35-29(37)14-21-7-12-30(39-3)32-17-21/h7-12,15-17,20,22H,4-6,13-14,18-19H2,1-3H3,(H,35,37). The predicted octanol–water partition coefficient (Wildman–Crippen LogP) is 5.00. The third-order valence-electron chi connectivity index (χ3n) is 7.26. The lowest BCUT2D eigenvalue weighted by molar-refractivity contribution is -0.115. The van der Waals surface area contributed by atoms with Gasteiger partial charge in [0.15, 0.2) is 11.5 Å². The first-order valence-corrected chi connectivity index (χ1v) is 13.6. The number of amides is 1. The number of pyridine rings is 1. The highest BCUT2D eigenvalue weighted by Crippen LogP contribution is 2.36. The summed E-state index contributed by atoms with van der Waals surface area (Å²) in [5.74, 6) is 2.24. The van der Waals surface area contributed by atoms with Gasteiger partial charge in [0.1, 0.15) is 6.33 Å². The topological polar surface area (TPSA) is 98.7 Å². The minimum atomic E-state index is -0.125. The largest absolute Gasteiger partial charge is 0.493 e. The van der Waals surface area contributed by atoms with Crippen molar-refractivity contribution in [2.75, 3.05) is 45.8 Å². The third kappa shape index (κ3) is 6.48. The number of anilines is 1. The number of hydrogen-bond acceptors (Lipinski definition) is 8. The van der Waals surface area contributed by atoms with Crippen LogP contribution in [0.4, 0.5) is 5.69 Å². The van der Waals surface area contributed by atoms with Crippen LogP contribution >= 0.6 is 0 Å². The maximum Gasteiger partial charge on any atom is 0.228 e. The number of ether oxygens (including phenoxy) is 3. The number of methoxy groups -OCH3 is 2. The first-order chi connectivity index (χ1) is 19.6. The summed E-state index contributed by atoms with van der Waals surface area (Å²) in [4.78, 5) is 28.2. The fraction of sp³-hybridized carbons (Fsp3) is 0.355. The normalized spacial score (nSPS) is 15.5. The van der Waals surface area contributed by atoms with Crippen molar-refractivity contribution in [2.45, 2.75) is 26.2 Å². The lowest BCUT2D eigenvalue weighted by Gasteiger charge is -2.31. The van der Waals surface area contributed by atoms with E-state index in [4.69, 9.17) is 14.2 Å². The Morgan fingerprint density at radius 3 is 2.60 bits per heavy atom. The van der Waals surface area contributed by atoms with Crippen molar-refractivity contribution in [3.05, 3.63) is 66.6 Å². The molecule has 3 heterocycles. The quantitative estimate of drug-likeness (QED) is 0.300. The minimum Gasteiger partial charge on any atom is -0.493 e. The molecule has 0 saturated carbocycles. The molecule has 1 unspecified atom stereocenters. The van der Waals surface area contributed by atoms with E-state index in [0.29, 0.717) is 35.6 Å². The number of rotatable bonds is 10. The SMILES string of the molecule is CCN1CCCC(COc2cc3ncnc(-c4ccc(NC(=O)Cc5ccc(OC)nc5)cc4)c3cc2OC)C1. The van der Waals surface area contributed by atoms with E-state index >= 15 is 0 Å². The van der Waals surface area contributed by atoms with Crippen molar-refractivity contribution in [1.29, 1.82) is 0 Å². The highest BCUT2D eigenvalue weighted by molar-refractivity contribution is 5.95. The van der Waals surface area contributed by atoms with Crippen LogP contribution in [0.3, 0.4) is 0 Å². The summed E-state index contributed by atoms with van der Waals surface area (Å²) >= 11 is 0. The molecule has 0 radical (unpaired) electrons. The lowest BCUT2D eigenvalue weighted by Crippen LogP contribution is -2.37. The molecule has 0 bridgehead atoms. The fourth-order valence-electron chi connectivity index (χ4n) is 5.09. The first kappa shape index (κ1) is 27.3. The molecule has 5 rings (SSSR count). The van der Waals surface area contributed by atoms with Crippen LogP contribution in [0.25, 0.3) is 22.2 Å². The molecule has 1 N–H and O–H groups in total. The number of carbonyl (C=O) groups is 1. The molecule has 2 aromatic carbocycles. The van der Waals surface area contributed by atoms with E-state index in [1.807, 2.05) is 42.5 Å². The van der Waals surface area contributed by atoms with Crippen LogP contribution in [0.15, 0.2) is 61.1 Å². The average Bonchev–Trinajstić information content (AvgIpc) is 3.00. The minimum absolute atomic E-state index is 0.125. The number of hydrogen-bond donors (Lipinski definition) is 1. The third-order valence-corrected chi connectivity index (χ3v) is 7.26. The Balaban J connectivity index is 1.29. The molecule has 1 atom stereocenters. The van der Waals surface area contributed by atoms with Crippen molar-refractivity contribution >= 4 is 22.5 Å². The Morgan fingerprint density at radius 1 is 1.02 bits per heavy atom. The zero-order valence-electron chi connectivity index (χ0n) is 23.2. The van der Waals surface area contributed by atoms with Gasteiger partial charge in [0.05, 0.1) is 38.5 Å². The molecule has 1 aliphatic heterocycles. The van der Waals surface area contributed by atoms with E-state index in [1.165, 1.54) is 19.4 Å². The van der Waals surface area contributed by atoms with E-state index < -0.39 is 0 Å². The van der Waals surface area contributed by atoms with Gasteiger partial charge in [0, 0.05) is 47.4 Å². The lowest BCUT2D eigenvalue weighted by atomic mass is 9.99. The van der Waals surface area contributed by atoms with E-state index in [2.05, 4.69) is 32.1 Å². The van der Waals surface area contributed by atoms with Gasteiger partial charge in [-0.15, -0.1) is 0 Å². The smallest absolute Gasteiger partial charge is 0.228 e. The van der Waals surface area contributed by atoms with Crippen molar-refractivity contribution in [2.24, 2.45) is 5.92 Å². The highest BCUT2D eigenvalue weighted by atomic mass is 16.5. The number of nitrogens with zero attached hydrogens (tertiary/aromatic N) is 4. The van der Waals surface area contributed by atoms with Crippen molar-refractivity contribution in [3.63, 3.8) is 0 Å². The first-order valence-electron chi connectivity index (χ1n) is 13.6. The number of nitrogens with one attached hydrogen (secondary N) is 1. The second kappa shape index (κ2) is 12.7. The second-order valence-electron chi connectivity index (χ2n) is 9.97. The summed E-state index contributed by atoms with van der Waals surface area (Å²) in [6, 6.07) is 15.1. The molecule has 1 fully saturated rings. The van der Waals surface area contributed by atoms with Gasteiger partial charge in [-0.25, -0.2) is 15.0 Å². The Kier molecular flexibility index (Phi) is 8.71. The Hall–Kier alpha value is -4.24. The maximum absolute atomic E-state index is 12.5. The van der Waals surface area contributed by atoms with E-state index in [9.17, 15) is 4.79 Å². The van der Waals surface area contributed by atoms with E-state index in [0.717, 1.165) is 40.8 Å². The van der Waals surface area contributed by atoms with Crippen LogP contribution in [-0.4, -0.2) is 66.2 Å². The number of benzene rings is 2. The molecule has 208 valence electrons. The van der Waals surface area contributed by atoms with Crippen LogP contribution in [0, 0.1) is 5.92 Å². The number of aromatic nitrogens is 3. The van der Waals surface area contributed by atoms with E-state index in [-0.39, 0.29) is 12.3 Å². The molecule has 1 aliphatic rings. The van der Waals surface area contributed by atoms with Crippen molar-refractivity contribution in [3.8, 4) is 28.6 Å². The summed E-state index contributed by atoms with van der Waals surface area (Å²) in [7, 11) is 3.21. The molecule has 2 aromatic heterocycles. The summed E-state index contributed by atoms with van der Waals surface area (Å²) in [6.07, 6.45) is 5.80. The van der Waals surface area contributed by atoms with Gasteiger partial charge in [-0.3, -0.25) is 4.79 Å². The van der Waals surface area contributed by atoms with Gasteiger partial charge in [-0.2, -0.15) is 0 Å². The van der Waals surface area contributed by atoms with Crippen molar-refractivity contribution in [1.82, 2.24) is 19.9 Å². The van der Waals surface area contributed by atoms with Gasteiger partial charge >= 0.3 is 0 Å². The number of piperidine rings is 1. The predicted molar refractivity (Wildman–Crippen MR) is 155 cm³/mol. The Bertz CT molecular complexity index is 1440. The van der Waals surface area contributed by atoms with Gasteiger partial charge in [0.25, 0.3) is 0 Å².